The minimum Gasteiger partial charge on any atom is -0.483 e. The number of benzene rings is 3. The first-order valence-electron chi connectivity index (χ1n) is 24.7. The number of carbonyl (C=O) groups excluding carboxylic acids is 6. The molecule has 3 aromatic carbocycles. The van der Waals surface area contributed by atoms with Gasteiger partial charge in [0.25, 0.3) is 0 Å². The largest absolute Gasteiger partial charge is 0.483 e. The molecule has 5 N–H and O–H groups in total. The summed E-state index contributed by atoms with van der Waals surface area (Å²) in [6.45, 7) is 14.1. The van der Waals surface area contributed by atoms with E-state index in [4.69, 9.17) is 18.9 Å². The number of carbonyl (C=O) groups is 6. The van der Waals surface area contributed by atoms with Gasteiger partial charge in [0.2, 0.25) is 11.8 Å². The van der Waals surface area contributed by atoms with E-state index < -0.39 is 41.4 Å². The molecule has 2 fully saturated rings. The predicted octanol–water partition coefficient (Wildman–Crippen LogP) is 5.24. The fourth-order valence-corrected chi connectivity index (χ4v) is 9.21. The van der Waals surface area contributed by atoms with Gasteiger partial charge in [0.1, 0.15) is 38.4 Å². The van der Waals surface area contributed by atoms with Crippen LogP contribution in [0.2, 0.25) is 0 Å². The molecule has 5 atom stereocenters. The lowest BCUT2D eigenvalue weighted by Gasteiger charge is -2.41. The third-order valence-corrected chi connectivity index (χ3v) is 13.1. The van der Waals surface area contributed by atoms with Crippen molar-refractivity contribution < 1.29 is 52.2 Å². The fourth-order valence-electron chi connectivity index (χ4n) is 9.21. The minimum absolute atomic E-state index is 0.0116. The second-order valence-electron chi connectivity index (χ2n) is 20.2. The fraction of sp³-hybridized carbons (Fsp3) is 0.519. The zero-order chi connectivity index (χ0) is 50.3. The summed E-state index contributed by atoms with van der Waals surface area (Å²) in [7, 11) is 0. The lowest BCUT2D eigenvalue weighted by Crippen LogP contribution is -2.57. The third-order valence-electron chi connectivity index (χ3n) is 13.1. The molecule has 3 aliphatic rings. The van der Waals surface area contributed by atoms with E-state index in [-0.39, 0.29) is 73.3 Å². The first kappa shape index (κ1) is 53.4. The second kappa shape index (κ2) is 25.3. The van der Waals surface area contributed by atoms with Crippen molar-refractivity contribution in [3.8, 4) is 11.5 Å². The minimum atomic E-state index is -0.937. The number of morpholine rings is 1. The number of hydrogen-bond acceptors (Lipinski definition) is 13. The van der Waals surface area contributed by atoms with Crippen LogP contribution >= 0.6 is 0 Å². The van der Waals surface area contributed by atoms with Crippen molar-refractivity contribution in [2.75, 3.05) is 46.1 Å². The lowest BCUT2D eigenvalue weighted by molar-refractivity contribution is -0.940. The highest BCUT2D eigenvalue weighted by molar-refractivity contribution is 5.98. The van der Waals surface area contributed by atoms with Gasteiger partial charge in [-0.05, 0) is 80.2 Å². The van der Waals surface area contributed by atoms with E-state index in [1.807, 2.05) is 100 Å². The molecule has 16 heteroatoms. The van der Waals surface area contributed by atoms with Crippen molar-refractivity contribution in [1.82, 2.24) is 27.0 Å². The molecule has 3 heterocycles. The van der Waals surface area contributed by atoms with Crippen LogP contribution in [0, 0.1) is 23.7 Å². The highest BCUT2D eigenvalue weighted by Crippen LogP contribution is 2.32. The number of quaternary nitrogens is 1. The number of nitrogens with zero attached hydrogens (tertiary/aromatic N) is 1. The number of ether oxygens (including phenoxy) is 4. The van der Waals surface area contributed by atoms with Crippen molar-refractivity contribution in [2.24, 2.45) is 23.7 Å². The Kier molecular flexibility index (Phi) is 19.3. The number of Topliss-reactive ketones (excluding diaryl/α,β-unsaturated/α-hetero) is 3. The van der Waals surface area contributed by atoms with Crippen LogP contribution in [0.25, 0.3) is 0 Å². The molecule has 0 bridgehead atoms. The van der Waals surface area contributed by atoms with Crippen LogP contribution in [0.4, 0.5) is 0 Å². The highest BCUT2D eigenvalue weighted by atomic mass is 16.6. The van der Waals surface area contributed by atoms with Crippen molar-refractivity contribution in [2.45, 2.75) is 111 Å². The Morgan fingerprint density at radius 1 is 0.771 bits per heavy atom. The first-order valence-corrected chi connectivity index (χ1v) is 24.7. The van der Waals surface area contributed by atoms with Gasteiger partial charge in [-0.15, -0.1) is 0 Å². The number of hydrogen-bond donors (Lipinski definition) is 5. The number of hydrazine groups is 2. The van der Waals surface area contributed by atoms with E-state index in [1.54, 1.807) is 19.2 Å². The van der Waals surface area contributed by atoms with Crippen molar-refractivity contribution in [1.29, 1.82) is 0 Å². The van der Waals surface area contributed by atoms with E-state index in [0.29, 0.717) is 75.4 Å². The van der Waals surface area contributed by atoms with Gasteiger partial charge < -0.3 is 44.9 Å². The molecule has 16 nitrogen and oxygen atoms in total. The molecule has 0 saturated carbocycles. The quantitative estimate of drug-likeness (QED) is 0.0274. The van der Waals surface area contributed by atoms with Gasteiger partial charge in [0, 0.05) is 43.4 Å². The van der Waals surface area contributed by atoms with Crippen molar-refractivity contribution in [3.05, 3.63) is 107 Å². The highest BCUT2D eigenvalue weighted by Gasteiger charge is 2.50. The SMILES string of the molecule is CC(=O)Oc1ccc(C[N+]2(CC(=O)C[C@@H](CCc3ccccc3)C(=O)N[C@@H](CC(C)C)C(=O)C[C@@H](Cc3ccccc3)C(=O)N[C@@H](CC(C)C)C(=O)[C@@]3(C)CO3)CCOCC2)cc1OCC1=CNNN1. The average Bonchev–Trinajstić information content (AvgIpc) is 3.85. The topological polar surface area (TPSA) is 203 Å². The Bertz CT molecular complexity index is 2290. The van der Waals surface area contributed by atoms with Gasteiger partial charge in [0.15, 0.2) is 28.8 Å². The second-order valence-corrected chi connectivity index (χ2v) is 20.2. The first-order chi connectivity index (χ1) is 33.5. The molecule has 3 aromatic rings. The zero-order valence-electron chi connectivity index (χ0n) is 41.7. The maximum Gasteiger partial charge on any atom is 0.308 e. The molecule has 2 amide bonds. The Hall–Kier alpha value is -5.94. The van der Waals surface area contributed by atoms with Gasteiger partial charge in [-0.3, -0.25) is 28.8 Å². The number of ketones is 3. The third kappa shape index (κ3) is 16.3. The number of epoxide rings is 1. The average molecular weight is 966 g/mol. The lowest BCUT2D eigenvalue weighted by atomic mass is 9.87. The van der Waals surface area contributed by atoms with Gasteiger partial charge in [-0.1, -0.05) is 88.4 Å². The molecule has 378 valence electrons. The molecular formula is C54H73N6O10+. The summed E-state index contributed by atoms with van der Waals surface area (Å²) >= 11 is 0. The molecule has 0 spiro atoms. The maximum atomic E-state index is 14.7. The molecule has 0 aliphatic carbocycles. The molecule has 0 unspecified atom stereocenters. The number of esters is 1. The molecule has 3 aliphatic heterocycles. The number of aryl methyl sites for hydroxylation is 1. The monoisotopic (exact) mass is 966 g/mol. The molecular weight excluding hydrogens is 893 g/mol. The molecule has 0 radical (unpaired) electrons. The molecule has 0 aromatic heterocycles. The summed E-state index contributed by atoms with van der Waals surface area (Å²) in [5.41, 5.74) is 11.1. The summed E-state index contributed by atoms with van der Waals surface area (Å²) in [5.74, 6) is -2.64. The zero-order valence-corrected chi connectivity index (χ0v) is 41.7. The Morgan fingerprint density at radius 2 is 1.40 bits per heavy atom. The van der Waals surface area contributed by atoms with Crippen LogP contribution in [0.5, 0.6) is 11.5 Å². The summed E-state index contributed by atoms with van der Waals surface area (Å²) in [4.78, 5) is 83.6. The van der Waals surface area contributed by atoms with Crippen LogP contribution in [0.3, 0.4) is 0 Å². The number of amides is 2. The summed E-state index contributed by atoms with van der Waals surface area (Å²) in [6.07, 6.45) is 3.43. The molecule has 2 saturated heterocycles. The Morgan fingerprint density at radius 3 is 2.01 bits per heavy atom. The van der Waals surface area contributed by atoms with Crippen LogP contribution in [-0.4, -0.2) is 103 Å². The van der Waals surface area contributed by atoms with E-state index in [9.17, 15) is 28.8 Å². The maximum absolute atomic E-state index is 14.7. The van der Waals surface area contributed by atoms with Gasteiger partial charge in [0.05, 0.1) is 37.6 Å². The van der Waals surface area contributed by atoms with Crippen LogP contribution in [0.1, 0.15) is 90.3 Å². The van der Waals surface area contributed by atoms with Crippen molar-refractivity contribution >= 4 is 35.1 Å². The van der Waals surface area contributed by atoms with Crippen LogP contribution < -0.4 is 36.5 Å². The normalized spacial score (nSPS) is 18.8. The Labute approximate surface area is 412 Å². The molecule has 70 heavy (non-hydrogen) atoms. The van der Waals surface area contributed by atoms with Gasteiger partial charge >= 0.3 is 5.97 Å². The molecule has 6 rings (SSSR count). The van der Waals surface area contributed by atoms with Crippen LogP contribution in [0.15, 0.2) is 90.8 Å². The summed E-state index contributed by atoms with van der Waals surface area (Å²) in [5, 5.41) is 6.09. The smallest absolute Gasteiger partial charge is 0.308 e. The van der Waals surface area contributed by atoms with Crippen molar-refractivity contribution in [3.63, 3.8) is 0 Å². The summed E-state index contributed by atoms with van der Waals surface area (Å²) in [6, 6.07) is 22.9. The van der Waals surface area contributed by atoms with Gasteiger partial charge in [-0.2, -0.15) is 5.53 Å². The van der Waals surface area contributed by atoms with Crippen LogP contribution in [-0.2, 0) is 57.6 Å². The predicted molar refractivity (Wildman–Crippen MR) is 263 cm³/mol. The van der Waals surface area contributed by atoms with E-state index in [1.165, 1.54) is 6.92 Å². The Balaban J connectivity index is 1.20. The summed E-state index contributed by atoms with van der Waals surface area (Å²) < 4.78 is 23.2. The standard InChI is InChI=1S/C54H72N6O10/c1-36(2)25-46(48(63)30-43(27-40-15-11-8-12-16-40)53(66)57-47(26-37(3)4)51(64)54(6)35-69-54)56-52(65)42(19-17-39-13-9-7-10-14-39)29-45(62)33-60(21-23-67-24-22-60)32-41-18-20-49(70-38(5)61)50(28-41)68-34-44-31-55-59-58-44/h7-16,18,20,28,31,36-37,42-43,46-47,55,58-59H,17,19,21-27,29-30,32-35H2,1-6H3,(H-,56,57,65,66)/p+1/t42-,43-,46+,47+,54-/m1/s1. The van der Waals surface area contributed by atoms with E-state index >= 15 is 0 Å². The van der Waals surface area contributed by atoms with E-state index in [0.717, 1.165) is 22.4 Å². The van der Waals surface area contributed by atoms with Gasteiger partial charge in [-0.25, -0.2) is 0 Å². The van der Waals surface area contributed by atoms with E-state index in [2.05, 4.69) is 27.0 Å². The number of nitrogens with one attached hydrogen (secondary N) is 5. The number of rotatable bonds is 28.